The summed E-state index contributed by atoms with van der Waals surface area (Å²) in [6.45, 7) is 21.3. The predicted molar refractivity (Wildman–Crippen MR) is 159 cm³/mol. The van der Waals surface area contributed by atoms with E-state index in [-0.39, 0.29) is 11.8 Å². The maximum Gasteiger partial charge on any atom is 0.227 e. The van der Waals surface area contributed by atoms with Crippen molar-refractivity contribution in [2.75, 3.05) is 5.32 Å². The molecule has 0 saturated heterocycles. The van der Waals surface area contributed by atoms with Crippen molar-refractivity contribution < 1.29 is 4.79 Å². The van der Waals surface area contributed by atoms with E-state index in [2.05, 4.69) is 82.9 Å². The molecule has 0 spiro atoms. The first kappa shape index (κ1) is 29.3. The Bertz CT molecular complexity index is 1000. The molecule has 0 aliphatic carbocycles. The van der Waals surface area contributed by atoms with Crippen LogP contribution in [0.2, 0.25) is 42.3 Å². The van der Waals surface area contributed by atoms with Crippen LogP contribution in [-0.4, -0.2) is 27.0 Å². The van der Waals surface area contributed by atoms with Gasteiger partial charge in [-0.3, -0.25) is 9.78 Å². The largest absolute Gasteiger partial charge is 0.324 e. The summed E-state index contributed by atoms with van der Waals surface area (Å²) in [5, 5.41) is 4.27. The number of carbonyl (C=O) groups is 1. The molecule has 5 heteroatoms. The van der Waals surface area contributed by atoms with Crippen molar-refractivity contribution >= 4 is 38.6 Å². The Morgan fingerprint density at radius 3 is 2.17 bits per heavy atom. The Morgan fingerprint density at radius 2 is 1.57 bits per heavy atom. The van der Waals surface area contributed by atoms with Gasteiger partial charge in [-0.15, -0.1) is 11.5 Å². The molecule has 0 aliphatic rings. The number of pyridine rings is 1. The van der Waals surface area contributed by atoms with Gasteiger partial charge in [0.25, 0.3) is 0 Å². The number of para-hydroxylation sites is 1. The zero-order valence-electron chi connectivity index (χ0n) is 23.7. The zero-order chi connectivity index (χ0) is 26.2. The van der Waals surface area contributed by atoms with Crippen molar-refractivity contribution in [2.24, 2.45) is 5.92 Å². The van der Waals surface area contributed by atoms with Gasteiger partial charge in [-0.25, -0.2) is 0 Å². The Labute approximate surface area is 216 Å². The molecule has 0 radical (unpaired) electrons. The van der Waals surface area contributed by atoms with E-state index < -0.39 is 16.1 Å². The van der Waals surface area contributed by atoms with Gasteiger partial charge in [-0.2, -0.15) is 0 Å². The average molecular weight is 509 g/mol. The SMILES string of the molecule is CC(C)[Si](C#CCCCCC(C[Si](C)(C)C)C(=O)Nc1cccc2cccnc12)(C(C)C)C(C)C. The highest BCUT2D eigenvalue weighted by Gasteiger charge is 2.41. The van der Waals surface area contributed by atoms with Crippen molar-refractivity contribution in [1.29, 1.82) is 0 Å². The monoisotopic (exact) mass is 508 g/mol. The first-order valence-electron chi connectivity index (χ1n) is 13.5. The van der Waals surface area contributed by atoms with E-state index in [4.69, 9.17) is 0 Å². The molecule has 3 nitrogen and oxygen atoms in total. The van der Waals surface area contributed by atoms with Crippen LogP contribution in [0.3, 0.4) is 0 Å². The van der Waals surface area contributed by atoms with E-state index in [0.717, 1.165) is 48.3 Å². The van der Waals surface area contributed by atoms with Crippen LogP contribution >= 0.6 is 0 Å². The summed E-state index contributed by atoms with van der Waals surface area (Å²) < 4.78 is 0. The van der Waals surface area contributed by atoms with E-state index in [1.54, 1.807) is 6.20 Å². The smallest absolute Gasteiger partial charge is 0.227 e. The third-order valence-corrected chi connectivity index (χ3v) is 15.5. The topological polar surface area (TPSA) is 42.0 Å². The van der Waals surface area contributed by atoms with E-state index in [9.17, 15) is 4.79 Å². The lowest BCUT2D eigenvalue weighted by Crippen LogP contribution is -2.43. The maximum atomic E-state index is 13.4. The van der Waals surface area contributed by atoms with Crippen LogP contribution < -0.4 is 5.32 Å². The molecule has 35 heavy (non-hydrogen) atoms. The summed E-state index contributed by atoms with van der Waals surface area (Å²) in [4.78, 5) is 17.9. The van der Waals surface area contributed by atoms with Gasteiger partial charge in [0.15, 0.2) is 0 Å². The number of unbranched alkanes of at least 4 members (excludes halogenated alkanes) is 2. The number of hydrogen-bond acceptors (Lipinski definition) is 2. The van der Waals surface area contributed by atoms with Crippen LogP contribution in [0.15, 0.2) is 36.5 Å². The summed E-state index contributed by atoms with van der Waals surface area (Å²) >= 11 is 0. The first-order chi connectivity index (χ1) is 16.4. The number of rotatable bonds is 11. The highest BCUT2D eigenvalue weighted by molar-refractivity contribution is 6.90. The molecule has 0 bridgehead atoms. The van der Waals surface area contributed by atoms with E-state index in [0.29, 0.717) is 16.6 Å². The fourth-order valence-electron chi connectivity index (χ4n) is 5.76. The molecule has 1 N–H and O–H groups in total. The Kier molecular flexibility index (Phi) is 10.8. The van der Waals surface area contributed by atoms with Crippen LogP contribution in [0.4, 0.5) is 5.69 Å². The van der Waals surface area contributed by atoms with Gasteiger partial charge >= 0.3 is 0 Å². The van der Waals surface area contributed by atoms with E-state index >= 15 is 0 Å². The molecule has 1 amide bonds. The molecule has 1 aromatic heterocycles. The minimum absolute atomic E-state index is 0.0454. The van der Waals surface area contributed by atoms with Crippen molar-refractivity contribution in [3.8, 4) is 11.5 Å². The summed E-state index contributed by atoms with van der Waals surface area (Å²) in [6.07, 6.45) is 5.77. The molecular formula is C30H48N2OSi2. The normalized spacial score (nSPS) is 13.3. The van der Waals surface area contributed by atoms with Crippen LogP contribution in [0.25, 0.3) is 10.9 Å². The number of hydrogen-bond donors (Lipinski definition) is 1. The predicted octanol–water partition coefficient (Wildman–Crippen LogP) is 8.91. The molecule has 1 unspecified atom stereocenters. The summed E-state index contributed by atoms with van der Waals surface area (Å²) in [6, 6.07) is 11.0. The van der Waals surface area contributed by atoms with Crippen LogP contribution in [0.1, 0.15) is 67.2 Å². The lowest BCUT2D eigenvalue weighted by molar-refractivity contribution is -0.119. The van der Waals surface area contributed by atoms with Gasteiger partial charge in [-0.05, 0) is 47.6 Å². The highest BCUT2D eigenvalue weighted by atomic mass is 28.3. The van der Waals surface area contributed by atoms with Crippen LogP contribution in [-0.2, 0) is 4.79 Å². The molecule has 1 atom stereocenters. The quantitative estimate of drug-likeness (QED) is 0.187. The molecular weight excluding hydrogens is 461 g/mol. The van der Waals surface area contributed by atoms with Gasteiger partial charge in [0.05, 0.1) is 11.2 Å². The number of nitrogens with one attached hydrogen (secondary N) is 1. The van der Waals surface area contributed by atoms with Crippen molar-refractivity contribution in [1.82, 2.24) is 4.98 Å². The number of aromatic nitrogens is 1. The Morgan fingerprint density at radius 1 is 0.943 bits per heavy atom. The number of anilines is 1. The fraction of sp³-hybridized carbons (Fsp3) is 0.600. The standard InChI is InChI=1S/C30H48N2OSi2/c1-23(2)35(24(3)4,25(5)6)21-13-11-10-12-16-27(22-34(7,8)9)30(33)32-28-19-14-17-26-18-15-20-31-29(26)28/h14-15,17-20,23-25,27H,10-12,16,22H2,1-9H3,(H,32,33). The number of benzene rings is 1. The lowest BCUT2D eigenvalue weighted by Gasteiger charge is -2.38. The minimum Gasteiger partial charge on any atom is -0.324 e. The molecule has 2 rings (SSSR count). The molecule has 0 aliphatic heterocycles. The van der Waals surface area contributed by atoms with Gasteiger partial charge in [0.2, 0.25) is 5.91 Å². The van der Waals surface area contributed by atoms with E-state index in [1.165, 1.54) is 0 Å². The number of nitrogens with zero attached hydrogens (tertiary/aromatic N) is 1. The number of amides is 1. The van der Waals surface area contributed by atoms with Crippen molar-refractivity contribution in [3.05, 3.63) is 36.5 Å². The number of fused-ring (bicyclic) bond motifs is 1. The molecule has 192 valence electrons. The Balaban J connectivity index is 2.04. The van der Waals surface area contributed by atoms with Gasteiger partial charge < -0.3 is 5.32 Å². The third-order valence-electron chi connectivity index (χ3n) is 7.40. The molecule has 1 heterocycles. The second-order valence-corrected chi connectivity index (χ2v) is 23.4. The fourth-order valence-corrected chi connectivity index (χ4v) is 12.9. The third kappa shape index (κ3) is 8.05. The van der Waals surface area contributed by atoms with Crippen molar-refractivity contribution in [3.63, 3.8) is 0 Å². The molecule has 1 aromatic carbocycles. The lowest BCUT2D eigenvalue weighted by atomic mass is 10.0. The van der Waals surface area contributed by atoms with Gasteiger partial charge in [-0.1, -0.05) is 85.8 Å². The summed E-state index contributed by atoms with van der Waals surface area (Å²) in [5.74, 6) is 3.78. The zero-order valence-corrected chi connectivity index (χ0v) is 25.7. The van der Waals surface area contributed by atoms with Gasteiger partial charge in [0.1, 0.15) is 8.07 Å². The summed E-state index contributed by atoms with van der Waals surface area (Å²) in [5.41, 5.74) is 7.53. The highest BCUT2D eigenvalue weighted by Crippen LogP contribution is 2.40. The molecule has 2 aromatic rings. The summed E-state index contributed by atoms with van der Waals surface area (Å²) in [7, 11) is -3.04. The molecule has 0 saturated carbocycles. The average Bonchev–Trinajstić information content (AvgIpc) is 2.76. The molecule has 0 fully saturated rings. The minimum atomic E-state index is -1.65. The first-order valence-corrected chi connectivity index (χ1v) is 19.5. The van der Waals surface area contributed by atoms with Crippen LogP contribution in [0.5, 0.6) is 0 Å². The number of carbonyl (C=O) groups excluding carboxylic acids is 1. The second-order valence-electron chi connectivity index (χ2n) is 12.3. The Hall–Kier alpha value is -1.91. The maximum absolute atomic E-state index is 13.4. The van der Waals surface area contributed by atoms with Crippen LogP contribution in [0, 0.1) is 17.4 Å². The second kappa shape index (κ2) is 12.9. The van der Waals surface area contributed by atoms with Gasteiger partial charge in [0, 0.05) is 32.0 Å². The van der Waals surface area contributed by atoms with Crippen molar-refractivity contribution in [2.45, 2.75) is 110 Å². The van der Waals surface area contributed by atoms with E-state index in [1.807, 2.05) is 30.3 Å².